The predicted octanol–water partition coefficient (Wildman–Crippen LogP) is 15.1. The molecule has 0 saturated carbocycles. The Morgan fingerprint density at radius 1 is 0.301 bits per heavy atom. The number of para-hydroxylation sites is 2. The van der Waals surface area contributed by atoms with Gasteiger partial charge in [0.1, 0.15) is 46.0 Å². The lowest BCUT2D eigenvalue weighted by molar-refractivity contribution is -0.243. The molecule has 2 unspecified atom stereocenters. The number of anilines is 5. The Labute approximate surface area is 848 Å². The van der Waals surface area contributed by atoms with Gasteiger partial charge in [0.2, 0.25) is 0 Å². The zero-order valence-corrected chi connectivity index (χ0v) is 85.1. The van der Waals surface area contributed by atoms with Gasteiger partial charge in [-0.3, -0.25) is 24.0 Å². The number of rotatable bonds is 20. The number of fused-ring (bicyclic) bond motifs is 5. The molecule has 146 heavy (non-hydrogen) atoms. The van der Waals surface area contributed by atoms with Crippen LogP contribution in [0.5, 0.6) is 46.0 Å². The Morgan fingerprint density at radius 2 is 0.562 bits per heavy atom. The topological polar surface area (TPSA) is 459 Å². The Kier molecular flexibility index (Phi) is 31.9. The third-order valence-corrected chi connectivity index (χ3v) is 28.8. The molecule has 5 amide bonds. The minimum Gasteiger partial charge on any atom is -0.507 e. The van der Waals surface area contributed by atoms with Crippen LogP contribution in [-0.4, -0.2) is 211 Å². The summed E-state index contributed by atoms with van der Waals surface area (Å²) in [7, 11) is 13.2. The maximum Gasteiger partial charge on any atom is 0.257 e. The zero-order chi connectivity index (χ0) is 106. The Morgan fingerprint density at radius 3 is 0.849 bits per heavy atom. The summed E-state index contributed by atoms with van der Waals surface area (Å²) in [6.07, 6.45) is 8.90. The lowest BCUT2D eigenvalue weighted by atomic mass is 9.76. The van der Waals surface area contributed by atoms with Gasteiger partial charge < -0.3 is 134 Å². The molecule has 0 bridgehead atoms. The first kappa shape index (κ1) is 108. The van der Waals surface area contributed by atoms with Crippen LogP contribution >= 0.6 is 0 Å². The molecule has 10 aromatic carbocycles. The molecule has 8 heterocycles. The van der Waals surface area contributed by atoms with E-state index in [2.05, 4.69) is 54.3 Å². The van der Waals surface area contributed by atoms with E-state index < -0.39 is 105 Å². The molecule has 0 aromatic heterocycles. The number of phenolic OH excluding ortho intramolecular Hbond substituents is 3. The molecule has 3 fully saturated rings. The standard InChI is InChI=1S/C27H33NO7.2C27H33NO6.C17H17NO4.C16H15NO4/c1-25(2)14-15-26(3,35-24(25)31)13-12-16-6-11-19-20(21(16)29)27(32,22(34-5)23(30)28-19)17-7-9-18(33-4)10-8-17;2*1-25(2)14-15-26(3,34-16-25)13-12-17-6-11-20-21(22(17)29)27(31,23(33-5)24(30)28-20)18-7-9-19(32-4)10-8-18;1-21-12-9-7-11(8-10-12)17(20)13-5-3-4-6-14(13)18-16(19)15(17)22-2;1-21-11-8-6-10(7-9-11)16(20)12-4-2-3-5-13(12)17-15(19)14(16)18/h6-13,22,24,29,31-32H,14-15H2,1-5H3,(H,28,30);2*6-13,23,29,31H,14-16H2,1-5H3,(H,28,30);3-10,15,20H,1-2H3,(H,18,19);2-9,14,18,20H,1H3,(H,17,19)/b3*13-12+;;/t22-,24?,26?,27+;23-,26+,27+;23-,26-,27+;15-,17+;14-,16+/m00000/s1. The lowest BCUT2D eigenvalue weighted by Gasteiger charge is -2.43. The average Bonchev–Trinajstić information content (AvgIpc) is 0.708. The zero-order valence-electron chi connectivity index (χ0n) is 85.1. The summed E-state index contributed by atoms with van der Waals surface area (Å²) in [5, 5.41) is 127. The number of amides is 5. The highest BCUT2D eigenvalue weighted by atomic mass is 16.6. The predicted molar refractivity (Wildman–Crippen MR) is 550 cm³/mol. The van der Waals surface area contributed by atoms with E-state index in [1.165, 1.54) is 35.5 Å². The third kappa shape index (κ3) is 21.2. The summed E-state index contributed by atoms with van der Waals surface area (Å²) in [6.45, 7) is 19.9. The number of aliphatic hydroxyl groups excluding tert-OH is 2. The van der Waals surface area contributed by atoms with E-state index in [0.717, 1.165) is 32.1 Å². The summed E-state index contributed by atoms with van der Waals surface area (Å²) < 4.78 is 65.6. The number of carbonyl (C=O) groups excluding carboxylic acids is 5. The van der Waals surface area contributed by atoms with Gasteiger partial charge in [-0.25, -0.2) is 0 Å². The van der Waals surface area contributed by atoms with Crippen molar-refractivity contribution in [1.82, 2.24) is 0 Å². The molecule has 32 nitrogen and oxygen atoms in total. The Balaban J connectivity index is 0.000000146. The Bertz CT molecular complexity index is 6330. The van der Waals surface area contributed by atoms with E-state index in [-0.39, 0.29) is 61.8 Å². The lowest BCUT2D eigenvalue weighted by Crippen LogP contribution is -2.52. The first-order chi connectivity index (χ1) is 69.2. The third-order valence-electron chi connectivity index (χ3n) is 28.8. The minimum atomic E-state index is -1.96. The molecular weight excluding hydrogens is 1870 g/mol. The van der Waals surface area contributed by atoms with E-state index in [1.807, 2.05) is 52.8 Å². The van der Waals surface area contributed by atoms with Gasteiger partial charge in [0.05, 0.1) is 99.3 Å². The fourth-order valence-electron chi connectivity index (χ4n) is 19.5. The summed E-state index contributed by atoms with van der Waals surface area (Å²) in [6, 6.07) is 57.7. The fraction of sp³-hybridized carbons (Fsp3) is 0.377. The van der Waals surface area contributed by atoms with Crippen LogP contribution in [0.4, 0.5) is 28.4 Å². The van der Waals surface area contributed by atoms with E-state index >= 15 is 0 Å². The summed E-state index contributed by atoms with van der Waals surface area (Å²) in [5.41, 5.74) is -3.65. The molecule has 10 aromatic rings. The van der Waals surface area contributed by atoms with E-state index in [0.29, 0.717) is 127 Å². The second-order valence-corrected chi connectivity index (χ2v) is 40.5. The second kappa shape index (κ2) is 43.0. The van der Waals surface area contributed by atoms with Crippen molar-refractivity contribution in [1.29, 1.82) is 0 Å². The van der Waals surface area contributed by atoms with Crippen LogP contribution in [0.25, 0.3) is 18.2 Å². The number of methoxy groups -OCH3 is 9. The summed E-state index contributed by atoms with van der Waals surface area (Å²) >= 11 is 0. The van der Waals surface area contributed by atoms with Crippen molar-refractivity contribution < 1.29 is 132 Å². The monoisotopic (exact) mass is 2000 g/mol. The highest BCUT2D eigenvalue weighted by molar-refractivity contribution is 6.04. The largest absolute Gasteiger partial charge is 0.507 e. The van der Waals surface area contributed by atoms with Crippen LogP contribution in [0, 0.1) is 16.2 Å². The van der Waals surface area contributed by atoms with Crippen molar-refractivity contribution >= 4 is 76.2 Å². The molecule has 774 valence electrons. The molecule has 8 aliphatic rings. The van der Waals surface area contributed by atoms with Crippen LogP contribution in [0.3, 0.4) is 0 Å². The van der Waals surface area contributed by atoms with E-state index in [4.69, 9.17) is 56.8 Å². The number of ether oxygens (including phenoxy) is 12. The first-order valence-corrected chi connectivity index (χ1v) is 47.9. The van der Waals surface area contributed by atoms with Gasteiger partial charge in [-0.05, 0) is 207 Å². The minimum absolute atomic E-state index is 0.131. The van der Waals surface area contributed by atoms with Gasteiger partial charge in [0, 0.05) is 73.0 Å². The normalized spacial score (nSPS) is 27.5. The number of benzene rings is 10. The van der Waals surface area contributed by atoms with Gasteiger partial charge >= 0.3 is 0 Å². The molecule has 0 radical (unpaired) electrons. The van der Waals surface area contributed by atoms with Crippen molar-refractivity contribution in [3.8, 4) is 46.0 Å². The van der Waals surface area contributed by atoms with Crippen LogP contribution in [0.1, 0.15) is 173 Å². The molecule has 32 heteroatoms. The molecule has 0 aliphatic carbocycles. The van der Waals surface area contributed by atoms with Crippen molar-refractivity contribution in [3.05, 3.63) is 297 Å². The van der Waals surface area contributed by atoms with Crippen molar-refractivity contribution in [2.75, 3.05) is 104 Å². The summed E-state index contributed by atoms with van der Waals surface area (Å²) in [5.74, 6) is 0.107. The smallest absolute Gasteiger partial charge is 0.257 e. The Hall–Kier alpha value is -13.4. The number of aromatic hydroxyl groups is 3. The molecular formula is C114H131N5O27. The van der Waals surface area contributed by atoms with Gasteiger partial charge in [-0.1, -0.05) is 175 Å². The molecule has 3 saturated heterocycles. The van der Waals surface area contributed by atoms with Gasteiger partial charge in [-0.2, -0.15) is 0 Å². The molecule has 18 rings (SSSR count). The van der Waals surface area contributed by atoms with Crippen molar-refractivity contribution in [2.24, 2.45) is 16.2 Å². The molecule has 14 atom stereocenters. The average molecular weight is 2000 g/mol. The van der Waals surface area contributed by atoms with E-state index in [9.17, 15) is 75.0 Å². The van der Waals surface area contributed by atoms with Crippen LogP contribution in [0.2, 0.25) is 0 Å². The second-order valence-electron chi connectivity index (χ2n) is 40.5. The highest BCUT2D eigenvalue weighted by Gasteiger charge is 2.57. The fourth-order valence-corrected chi connectivity index (χ4v) is 19.5. The maximum atomic E-state index is 12.8. The van der Waals surface area contributed by atoms with Crippen LogP contribution in [0.15, 0.2) is 224 Å². The maximum absolute atomic E-state index is 12.8. The SMILES string of the molecule is COc1ccc([C@@]2(O)c3c(ccc(/C=C/C4(C)CCC(C)(C)C(O)O4)c3O)NC(=O)[C@@H]2OC)cc1.COc1ccc([C@@]2(O)c3c(ccc(/C=C/[C@@]4(C)CCC(C)(C)CO4)c3O)NC(=O)[C@@H]2OC)cc1.COc1ccc([C@@]2(O)c3c(ccc(/C=C/[C@]4(C)CCC(C)(C)CO4)c3O)NC(=O)[C@@H]2OC)cc1.COc1ccc([C@@]2(O)c3ccccc3NC(=O)[C@@H]2O)cc1.COc1ccc([C@@]2(O)c3ccccc3NC(=O)[C@@H]2OC)cc1. The van der Waals surface area contributed by atoms with Crippen LogP contribution in [-0.2, 0) is 85.1 Å². The molecule has 8 aliphatic heterocycles. The number of carbonyl (C=O) groups is 5. The van der Waals surface area contributed by atoms with Gasteiger partial charge in [0.25, 0.3) is 29.5 Å². The van der Waals surface area contributed by atoms with Crippen molar-refractivity contribution in [2.45, 2.75) is 182 Å². The summed E-state index contributed by atoms with van der Waals surface area (Å²) in [4.78, 5) is 62.6. The van der Waals surface area contributed by atoms with Crippen molar-refractivity contribution in [3.63, 3.8) is 0 Å². The van der Waals surface area contributed by atoms with Crippen LogP contribution < -0.4 is 50.3 Å². The molecule has 0 spiro atoms. The number of hydrogen-bond donors (Lipinski definition) is 15. The number of nitrogens with one attached hydrogen (secondary N) is 5. The number of hydrogen-bond acceptors (Lipinski definition) is 27. The van der Waals surface area contributed by atoms with Gasteiger partial charge in [-0.15, -0.1) is 0 Å². The highest BCUT2D eigenvalue weighted by Crippen LogP contribution is 2.55. The number of aliphatic hydroxyl groups is 7. The number of phenols is 3. The molecule has 15 N–H and O–H groups in total. The van der Waals surface area contributed by atoms with Gasteiger partial charge in [0.15, 0.2) is 64.8 Å². The first-order valence-electron chi connectivity index (χ1n) is 47.9. The van der Waals surface area contributed by atoms with E-state index in [1.54, 1.807) is 253 Å². The quantitative estimate of drug-likeness (QED) is 0.0337.